The second-order valence-corrected chi connectivity index (χ2v) is 6.44. The van der Waals surface area contributed by atoms with Gasteiger partial charge in [0.15, 0.2) is 0 Å². The van der Waals surface area contributed by atoms with Crippen LogP contribution in [-0.4, -0.2) is 23.0 Å². The molecular formula is C20H19ClN4O2. The quantitative estimate of drug-likeness (QED) is 0.603. The predicted molar refractivity (Wildman–Crippen MR) is 107 cm³/mol. The maximum absolute atomic E-state index is 11.7. The number of ether oxygens (including phenoxy) is 1. The number of rotatable bonds is 5. The Labute approximate surface area is 162 Å². The van der Waals surface area contributed by atoms with Crippen LogP contribution in [0.2, 0.25) is 5.02 Å². The summed E-state index contributed by atoms with van der Waals surface area (Å²) in [5.41, 5.74) is 3.86. The van der Waals surface area contributed by atoms with Gasteiger partial charge < -0.3 is 15.4 Å². The monoisotopic (exact) mass is 382 g/mol. The summed E-state index contributed by atoms with van der Waals surface area (Å²) in [5.74, 6) is 0.684. The van der Waals surface area contributed by atoms with Crippen molar-refractivity contribution in [1.82, 2.24) is 9.97 Å². The van der Waals surface area contributed by atoms with E-state index in [0.29, 0.717) is 22.4 Å². The molecule has 138 valence electrons. The first kappa shape index (κ1) is 18.7. The average Bonchev–Trinajstić information content (AvgIpc) is 2.63. The Morgan fingerprint density at radius 3 is 2.59 bits per heavy atom. The van der Waals surface area contributed by atoms with Crippen LogP contribution in [0.5, 0.6) is 0 Å². The largest absolute Gasteiger partial charge is 0.465 e. The van der Waals surface area contributed by atoms with E-state index in [1.54, 1.807) is 18.2 Å². The van der Waals surface area contributed by atoms with Gasteiger partial charge in [-0.15, -0.1) is 0 Å². The Kier molecular flexibility index (Phi) is 5.57. The summed E-state index contributed by atoms with van der Waals surface area (Å²) in [4.78, 5) is 20.6. The number of esters is 1. The van der Waals surface area contributed by atoms with Crippen LogP contribution in [-0.2, 0) is 4.74 Å². The van der Waals surface area contributed by atoms with Gasteiger partial charge in [0.25, 0.3) is 0 Å². The Morgan fingerprint density at radius 2 is 1.85 bits per heavy atom. The molecule has 0 radical (unpaired) electrons. The first-order chi connectivity index (χ1) is 12.9. The highest BCUT2D eigenvalue weighted by molar-refractivity contribution is 6.30. The lowest BCUT2D eigenvalue weighted by molar-refractivity contribution is 0.0601. The maximum Gasteiger partial charge on any atom is 0.337 e. The highest BCUT2D eigenvalue weighted by Gasteiger charge is 2.08. The third-order valence-corrected chi connectivity index (χ3v) is 4.08. The first-order valence-corrected chi connectivity index (χ1v) is 8.66. The molecule has 1 heterocycles. The van der Waals surface area contributed by atoms with Crippen molar-refractivity contribution >= 4 is 40.7 Å². The molecule has 0 spiro atoms. The topological polar surface area (TPSA) is 76.1 Å². The summed E-state index contributed by atoms with van der Waals surface area (Å²) >= 11 is 6.00. The lowest BCUT2D eigenvalue weighted by Gasteiger charge is -2.12. The van der Waals surface area contributed by atoms with Crippen molar-refractivity contribution in [3.63, 3.8) is 0 Å². The number of benzene rings is 2. The number of anilines is 4. The summed E-state index contributed by atoms with van der Waals surface area (Å²) in [7, 11) is 1.35. The van der Waals surface area contributed by atoms with Gasteiger partial charge in [-0.25, -0.2) is 9.78 Å². The summed E-state index contributed by atoms with van der Waals surface area (Å²) in [6.07, 6.45) is 0. The van der Waals surface area contributed by atoms with E-state index in [-0.39, 0.29) is 0 Å². The second kappa shape index (κ2) is 8.05. The lowest BCUT2D eigenvalue weighted by atomic mass is 10.2. The average molecular weight is 383 g/mol. The SMILES string of the molecule is COC(=O)c1cccc(Nc2cc(C)nc(Nc3ccc(Cl)cc3C)n2)c1. The van der Waals surface area contributed by atoms with Gasteiger partial charge in [0, 0.05) is 28.2 Å². The van der Waals surface area contributed by atoms with Gasteiger partial charge in [0.05, 0.1) is 12.7 Å². The normalized spacial score (nSPS) is 10.4. The minimum absolute atomic E-state index is 0.391. The molecule has 2 N–H and O–H groups in total. The molecule has 2 aromatic carbocycles. The third kappa shape index (κ3) is 4.74. The smallest absolute Gasteiger partial charge is 0.337 e. The zero-order valence-electron chi connectivity index (χ0n) is 15.2. The Hall–Kier alpha value is -3.12. The van der Waals surface area contributed by atoms with Crippen molar-refractivity contribution in [1.29, 1.82) is 0 Å². The van der Waals surface area contributed by atoms with Crippen molar-refractivity contribution in [2.75, 3.05) is 17.7 Å². The molecule has 6 nitrogen and oxygen atoms in total. The molecule has 0 saturated heterocycles. The number of nitrogens with one attached hydrogen (secondary N) is 2. The molecule has 0 bridgehead atoms. The van der Waals surface area contributed by atoms with E-state index in [1.807, 2.05) is 44.2 Å². The number of carbonyl (C=O) groups excluding carboxylic acids is 1. The van der Waals surface area contributed by atoms with Crippen molar-refractivity contribution in [2.24, 2.45) is 0 Å². The van der Waals surface area contributed by atoms with Gasteiger partial charge in [0.2, 0.25) is 5.95 Å². The van der Waals surface area contributed by atoms with Crippen LogP contribution in [0.4, 0.5) is 23.1 Å². The minimum atomic E-state index is -0.391. The van der Waals surface area contributed by atoms with Gasteiger partial charge in [-0.2, -0.15) is 4.98 Å². The summed E-state index contributed by atoms with van der Waals surface area (Å²) < 4.78 is 4.75. The number of methoxy groups -OCH3 is 1. The Morgan fingerprint density at radius 1 is 1.04 bits per heavy atom. The number of nitrogens with zero attached hydrogens (tertiary/aromatic N) is 2. The molecule has 0 aliphatic heterocycles. The molecule has 7 heteroatoms. The third-order valence-electron chi connectivity index (χ3n) is 3.85. The van der Waals surface area contributed by atoms with Crippen molar-refractivity contribution < 1.29 is 9.53 Å². The molecule has 0 atom stereocenters. The molecule has 0 amide bonds. The van der Waals surface area contributed by atoms with Crippen molar-refractivity contribution in [3.05, 3.63) is 70.4 Å². The molecule has 27 heavy (non-hydrogen) atoms. The van der Waals surface area contributed by atoms with Gasteiger partial charge in [-0.05, 0) is 55.8 Å². The molecule has 1 aromatic heterocycles. The fourth-order valence-electron chi connectivity index (χ4n) is 2.57. The van der Waals surface area contributed by atoms with Crippen LogP contribution >= 0.6 is 11.6 Å². The molecule has 0 fully saturated rings. The van der Waals surface area contributed by atoms with Crippen LogP contribution in [0.1, 0.15) is 21.6 Å². The fraction of sp³-hybridized carbons (Fsp3) is 0.150. The summed E-state index contributed by atoms with van der Waals surface area (Å²) in [6, 6.07) is 14.4. The van der Waals surface area contributed by atoms with E-state index in [1.165, 1.54) is 7.11 Å². The van der Waals surface area contributed by atoms with Crippen molar-refractivity contribution in [3.8, 4) is 0 Å². The van der Waals surface area contributed by atoms with Crippen LogP contribution in [0, 0.1) is 13.8 Å². The molecule has 0 aliphatic carbocycles. The Bertz CT molecular complexity index is 991. The summed E-state index contributed by atoms with van der Waals surface area (Å²) in [5, 5.41) is 7.08. The number of carbonyl (C=O) groups is 1. The highest BCUT2D eigenvalue weighted by Crippen LogP contribution is 2.24. The minimum Gasteiger partial charge on any atom is -0.465 e. The molecule has 0 unspecified atom stereocenters. The van der Waals surface area contributed by atoms with Crippen molar-refractivity contribution in [2.45, 2.75) is 13.8 Å². The first-order valence-electron chi connectivity index (χ1n) is 8.29. The van der Waals surface area contributed by atoms with E-state index >= 15 is 0 Å². The second-order valence-electron chi connectivity index (χ2n) is 6.00. The zero-order valence-corrected chi connectivity index (χ0v) is 16.0. The van der Waals surface area contributed by atoms with Gasteiger partial charge in [-0.1, -0.05) is 17.7 Å². The van der Waals surface area contributed by atoms with E-state index < -0.39 is 5.97 Å². The van der Waals surface area contributed by atoms with E-state index in [0.717, 1.165) is 22.6 Å². The predicted octanol–water partition coefficient (Wildman–Crippen LogP) is 5.02. The maximum atomic E-state index is 11.7. The van der Waals surface area contributed by atoms with E-state index in [2.05, 4.69) is 20.6 Å². The molecule has 0 saturated carbocycles. The Balaban J connectivity index is 1.84. The zero-order chi connectivity index (χ0) is 19.4. The van der Waals surface area contributed by atoms with E-state index in [4.69, 9.17) is 16.3 Å². The number of aryl methyl sites for hydroxylation is 2. The van der Waals surface area contributed by atoms with Crippen LogP contribution < -0.4 is 10.6 Å². The lowest BCUT2D eigenvalue weighted by Crippen LogP contribution is -2.04. The number of hydrogen-bond acceptors (Lipinski definition) is 6. The van der Waals surface area contributed by atoms with Gasteiger partial charge in [-0.3, -0.25) is 0 Å². The standard InChI is InChI=1S/C20H19ClN4O2/c1-12-9-15(21)7-8-17(12)24-20-22-13(2)10-18(25-20)23-16-6-4-5-14(11-16)19(26)27-3/h4-11H,1-3H3,(H2,22,23,24,25). The number of aromatic nitrogens is 2. The van der Waals surface area contributed by atoms with Crippen LogP contribution in [0.15, 0.2) is 48.5 Å². The van der Waals surface area contributed by atoms with Crippen LogP contribution in [0.3, 0.4) is 0 Å². The fourth-order valence-corrected chi connectivity index (χ4v) is 2.79. The van der Waals surface area contributed by atoms with Gasteiger partial charge >= 0.3 is 5.97 Å². The molecular weight excluding hydrogens is 364 g/mol. The van der Waals surface area contributed by atoms with Gasteiger partial charge in [0.1, 0.15) is 5.82 Å². The molecule has 0 aliphatic rings. The molecule has 3 aromatic rings. The number of hydrogen-bond donors (Lipinski definition) is 2. The van der Waals surface area contributed by atoms with E-state index in [9.17, 15) is 4.79 Å². The summed E-state index contributed by atoms with van der Waals surface area (Å²) in [6.45, 7) is 3.85. The number of halogens is 1. The van der Waals surface area contributed by atoms with Crippen LogP contribution in [0.25, 0.3) is 0 Å². The molecule has 3 rings (SSSR count). The highest BCUT2D eigenvalue weighted by atomic mass is 35.5.